The molecule has 0 aliphatic rings. The molecule has 0 saturated heterocycles. The van der Waals surface area contributed by atoms with Gasteiger partial charge < -0.3 is 9.84 Å². The van der Waals surface area contributed by atoms with E-state index in [4.69, 9.17) is 9.84 Å². The Kier molecular flexibility index (Phi) is 3.39. The van der Waals surface area contributed by atoms with Crippen molar-refractivity contribution < 1.29 is 14.6 Å². The topological polar surface area (TPSA) is 64.3 Å². The van der Waals surface area contributed by atoms with Crippen LogP contribution in [0.5, 0.6) is 11.5 Å². The van der Waals surface area contributed by atoms with Gasteiger partial charge in [0.25, 0.3) is 0 Å². The molecule has 5 nitrogen and oxygen atoms in total. The first-order chi connectivity index (χ1) is 10.2. The van der Waals surface area contributed by atoms with Crippen LogP contribution in [-0.2, 0) is 0 Å². The van der Waals surface area contributed by atoms with Gasteiger partial charge in [0.05, 0.1) is 11.3 Å². The van der Waals surface area contributed by atoms with Crippen molar-refractivity contribution in [1.29, 1.82) is 0 Å². The van der Waals surface area contributed by atoms with E-state index in [1.165, 1.54) is 12.1 Å². The van der Waals surface area contributed by atoms with Crippen LogP contribution in [0.1, 0.15) is 10.4 Å². The molecule has 0 amide bonds. The Morgan fingerprint density at radius 3 is 2.14 bits per heavy atom. The van der Waals surface area contributed by atoms with Crippen LogP contribution in [0.3, 0.4) is 0 Å². The number of carboxylic acid groups (broad SMARTS) is 1. The molecule has 0 spiro atoms. The zero-order valence-electron chi connectivity index (χ0n) is 11.0. The monoisotopic (exact) mass is 280 g/mol. The van der Waals surface area contributed by atoms with Crippen LogP contribution in [0.25, 0.3) is 5.69 Å². The summed E-state index contributed by atoms with van der Waals surface area (Å²) in [5.74, 6) is 0.311. The molecular weight excluding hydrogens is 268 g/mol. The summed E-state index contributed by atoms with van der Waals surface area (Å²) in [6, 6.07) is 15.6. The molecule has 1 aromatic heterocycles. The van der Waals surface area contributed by atoms with Crippen molar-refractivity contribution in [3.63, 3.8) is 0 Å². The Bertz CT molecular complexity index is 732. The molecular formula is C16H12N2O3. The molecule has 1 N–H and O–H groups in total. The fraction of sp³-hybridized carbons (Fsp3) is 0. The first kappa shape index (κ1) is 12.9. The Hall–Kier alpha value is -3.08. The van der Waals surface area contributed by atoms with Crippen LogP contribution >= 0.6 is 0 Å². The van der Waals surface area contributed by atoms with E-state index in [2.05, 4.69) is 5.10 Å². The molecule has 0 atom stereocenters. The van der Waals surface area contributed by atoms with Crippen molar-refractivity contribution in [2.75, 3.05) is 0 Å². The Morgan fingerprint density at radius 1 is 1.00 bits per heavy atom. The smallest absolute Gasteiger partial charge is 0.335 e. The molecule has 5 heteroatoms. The van der Waals surface area contributed by atoms with E-state index in [9.17, 15) is 4.79 Å². The van der Waals surface area contributed by atoms with Crippen LogP contribution < -0.4 is 4.74 Å². The summed E-state index contributed by atoms with van der Waals surface area (Å²) in [5.41, 5.74) is 1.17. The van der Waals surface area contributed by atoms with E-state index >= 15 is 0 Å². The molecule has 21 heavy (non-hydrogen) atoms. The van der Waals surface area contributed by atoms with Gasteiger partial charge in [-0.25, -0.2) is 9.48 Å². The van der Waals surface area contributed by atoms with E-state index in [-0.39, 0.29) is 5.56 Å². The van der Waals surface area contributed by atoms with Crippen LogP contribution in [0, 0.1) is 0 Å². The predicted octanol–water partition coefficient (Wildman–Crippen LogP) is 3.36. The molecule has 0 radical (unpaired) electrons. The maximum atomic E-state index is 10.8. The quantitative estimate of drug-likeness (QED) is 0.795. The van der Waals surface area contributed by atoms with Gasteiger partial charge >= 0.3 is 5.97 Å². The van der Waals surface area contributed by atoms with Gasteiger partial charge in [-0.2, -0.15) is 5.10 Å². The van der Waals surface area contributed by atoms with E-state index in [0.717, 1.165) is 5.69 Å². The zero-order valence-corrected chi connectivity index (χ0v) is 11.0. The third-order valence-corrected chi connectivity index (χ3v) is 2.94. The number of nitrogens with zero attached hydrogens (tertiary/aromatic N) is 2. The standard InChI is InChI=1S/C16H12N2O3/c19-16(20)12-2-6-14(7-3-12)21-15-8-4-13(5-9-15)18-11-1-10-17-18/h1-11H,(H,19,20). The highest BCUT2D eigenvalue weighted by Crippen LogP contribution is 2.22. The molecule has 0 fully saturated rings. The van der Waals surface area contributed by atoms with Crippen molar-refractivity contribution in [2.24, 2.45) is 0 Å². The number of rotatable bonds is 4. The van der Waals surface area contributed by atoms with Gasteiger partial charge in [-0.1, -0.05) is 0 Å². The molecule has 0 aliphatic heterocycles. The number of carboxylic acids is 1. The predicted molar refractivity (Wildman–Crippen MR) is 77.0 cm³/mol. The summed E-state index contributed by atoms with van der Waals surface area (Å²) in [7, 11) is 0. The van der Waals surface area contributed by atoms with Crippen LogP contribution in [-0.4, -0.2) is 20.9 Å². The third kappa shape index (κ3) is 2.92. The molecule has 104 valence electrons. The van der Waals surface area contributed by atoms with Crippen molar-refractivity contribution in [1.82, 2.24) is 9.78 Å². The van der Waals surface area contributed by atoms with Gasteiger partial charge in [0, 0.05) is 12.4 Å². The van der Waals surface area contributed by atoms with Gasteiger partial charge in [0.2, 0.25) is 0 Å². The van der Waals surface area contributed by atoms with Crippen LogP contribution in [0.15, 0.2) is 67.0 Å². The number of benzene rings is 2. The summed E-state index contributed by atoms with van der Waals surface area (Å²) in [4.78, 5) is 10.8. The lowest BCUT2D eigenvalue weighted by Gasteiger charge is -2.07. The van der Waals surface area contributed by atoms with Crippen LogP contribution in [0.4, 0.5) is 0 Å². The van der Waals surface area contributed by atoms with Gasteiger partial charge in [-0.05, 0) is 54.6 Å². The van der Waals surface area contributed by atoms with Crippen molar-refractivity contribution >= 4 is 5.97 Å². The van der Waals surface area contributed by atoms with Crippen molar-refractivity contribution in [2.45, 2.75) is 0 Å². The molecule has 3 rings (SSSR count). The van der Waals surface area contributed by atoms with Gasteiger partial charge in [0.1, 0.15) is 11.5 Å². The number of carbonyl (C=O) groups is 1. The van der Waals surface area contributed by atoms with Gasteiger partial charge in [0.15, 0.2) is 0 Å². The molecule has 3 aromatic rings. The lowest BCUT2D eigenvalue weighted by Crippen LogP contribution is -1.95. The van der Waals surface area contributed by atoms with E-state index in [0.29, 0.717) is 11.5 Å². The number of hydrogen-bond acceptors (Lipinski definition) is 3. The normalized spacial score (nSPS) is 10.3. The SMILES string of the molecule is O=C(O)c1ccc(Oc2ccc(-n3cccn3)cc2)cc1. The summed E-state index contributed by atoms with van der Waals surface area (Å²) in [5, 5.41) is 13.0. The fourth-order valence-corrected chi connectivity index (χ4v) is 1.89. The van der Waals surface area contributed by atoms with Crippen molar-refractivity contribution in [3.05, 3.63) is 72.6 Å². The Labute approximate surface area is 121 Å². The maximum Gasteiger partial charge on any atom is 0.335 e. The number of hydrogen-bond donors (Lipinski definition) is 1. The Morgan fingerprint density at radius 2 is 1.62 bits per heavy atom. The first-order valence-corrected chi connectivity index (χ1v) is 6.34. The minimum atomic E-state index is -0.954. The van der Waals surface area contributed by atoms with Gasteiger partial charge in [-0.3, -0.25) is 0 Å². The average molecular weight is 280 g/mol. The lowest BCUT2D eigenvalue weighted by molar-refractivity contribution is 0.0697. The minimum absolute atomic E-state index is 0.233. The second kappa shape index (κ2) is 5.50. The summed E-state index contributed by atoms with van der Waals surface area (Å²) in [6.45, 7) is 0. The molecule has 1 heterocycles. The summed E-state index contributed by atoms with van der Waals surface area (Å²) >= 11 is 0. The highest BCUT2D eigenvalue weighted by Gasteiger charge is 2.03. The molecule has 0 unspecified atom stereocenters. The second-order valence-electron chi connectivity index (χ2n) is 4.38. The molecule has 0 saturated carbocycles. The number of ether oxygens (including phenoxy) is 1. The maximum absolute atomic E-state index is 10.8. The molecule has 2 aromatic carbocycles. The summed E-state index contributed by atoms with van der Waals surface area (Å²) in [6.07, 6.45) is 3.58. The first-order valence-electron chi connectivity index (χ1n) is 6.34. The van der Waals surface area contributed by atoms with E-state index in [1.807, 2.05) is 36.5 Å². The average Bonchev–Trinajstić information content (AvgIpc) is 3.03. The summed E-state index contributed by atoms with van der Waals surface area (Å²) < 4.78 is 7.42. The van der Waals surface area contributed by atoms with E-state index < -0.39 is 5.97 Å². The fourth-order valence-electron chi connectivity index (χ4n) is 1.89. The minimum Gasteiger partial charge on any atom is -0.478 e. The molecule has 0 aliphatic carbocycles. The lowest BCUT2D eigenvalue weighted by atomic mass is 10.2. The number of aromatic carboxylic acids is 1. The highest BCUT2D eigenvalue weighted by atomic mass is 16.5. The van der Waals surface area contributed by atoms with Crippen LogP contribution in [0.2, 0.25) is 0 Å². The van der Waals surface area contributed by atoms with Crippen molar-refractivity contribution in [3.8, 4) is 17.2 Å². The highest BCUT2D eigenvalue weighted by molar-refractivity contribution is 5.87. The second-order valence-corrected chi connectivity index (χ2v) is 4.38. The molecule has 0 bridgehead atoms. The van der Waals surface area contributed by atoms with E-state index in [1.54, 1.807) is 23.0 Å². The Balaban J connectivity index is 1.74. The zero-order chi connectivity index (χ0) is 14.7. The third-order valence-electron chi connectivity index (χ3n) is 2.94. The largest absolute Gasteiger partial charge is 0.478 e. The van der Waals surface area contributed by atoms with Gasteiger partial charge in [-0.15, -0.1) is 0 Å². The number of aromatic nitrogens is 2.